The Labute approximate surface area is 126 Å². The van der Waals surface area contributed by atoms with Crippen LogP contribution in [0.4, 0.5) is 0 Å². The second-order valence-corrected chi connectivity index (χ2v) is 7.34. The molecule has 0 aromatic heterocycles. The highest BCUT2D eigenvalue weighted by molar-refractivity contribution is 4.81. The van der Waals surface area contributed by atoms with E-state index in [0.717, 1.165) is 25.3 Å². The Kier molecular flexibility index (Phi) is 8.08. The van der Waals surface area contributed by atoms with Crippen molar-refractivity contribution >= 4 is 0 Å². The summed E-state index contributed by atoms with van der Waals surface area (Å²) in [5, 5.41) is 12.7. The Morgan fingerprint density at radius 3 is 2.50 bits per heavy atom. The Morgan fingerprint density at radius 1 is 1.30 bits per heavy atom. The van der Waals surface area contributed by atoms with E-state index >= 15 is 0 Å². The average molecular weight is 284 g/mol. The fourth-order valence-corrected chi connectivity index (χ4v) is 3.24. The smallest absolute Gasteiger partial charge is 0.0431 e. The Bertz CT molecular complexity index is 247. The quantitative estimate of drug-likeness (QED) is 0.683. The maximum atomic E-state index is 8.95. The molecule has 20 heavy (non-hydrogen) atoms. The van der Waals surface area contributed by atoms with E-state index in [-0.39, 0.29) is 0 Å². The normalized spacial score (nSPS) is 20.2. The average Bonchev–Trinajstić information content (AvgIpc) is 2.44. The molecule has 0 aromatic rings. The Balaban J connectivity index is 2.24. The van der Waals surface area contributed by atoms with Crippen molar-refractivity contribution in [2.75, 3.05) is 32.8 Å². The highest BCUT2D eigenvalue weighted by Crippen LogP contribution is 2.24. The molecule has 0 bridgehead atoms. The highest BCUT2D eigenvalue weighted by atomic mass is 16.2. The SMILES string of the molecule is CCCN1CCC(C(C)NCC(C)(C)CCCO)CC1. The van der Waals surface area contributed by atoms with Gasteiger partial charge in [0.1, 0.15) is 0 Å². The largest absolute Gasteiger partial charge is 0.396 e. The van der Waals surface area contributed by atoms with Crippen LogP contribution in [0.3, 0.4) is 0 Å². The predicted octanol–water partition coefficient (Wildman–Crippen LogP) is 2.89. The van der Waals surface area contributed by atoms with Gasteiger partial charge in [-0.15, -0.1) is 0 Å². The molecule has 3 heteroatoms. The number of hydrogen-bond donors (Lipinski definition) is 2. The van der Waals surface area contributed by atoms with E-state index in [2.05, 4.69) is 37.9 Å². The number of piperidine rings is 1. The molecule has 120 valence electrons. The van der Waals surface area contributed by atoms with Gasteiger partial charge in [0.25, 0.3) is 0 Å². The van der Waals surface area contributed by atoms with E-state index in [9.17, 15) is 0 Å². The number of aliphatic hydroxyl groups excluding tert-OH is 1. The number of aliphatic hydroxyl groups is 1. The van der Waals surface area contributed by atoms with Crippen molar-refractivity contribution in [3.8, 4) is 0 Å². The standard InChI is InChI=1S/C17H36N2O/c1-5-10-19-11-7-16(8-12-19)15(2)18-14-17(3,4)9-6-13-20/h15-16,18,20H,5-14H2,1-4H3. The minimum absolute atomic E-state index is 0.292. The van der Waals surface area contributed by atoms with Crippen molar-refractivity contribution in [3.05, 3.63) is 0 Å². The summed E-state index contributed by atoms with van der Waals surface area (Å²) in [5.74, 6) is 0.830. The van der Waals surface area contributed by atoms with Gasteiger partial charge in [-0.25, -0.2) is 0 Å². The molecular weight excluding hydrogens is 248 g/mol. The second kappa shape index (κ2) is 9.01. The Morgan fingerprint density at radius 2 is 1.95 bits per heavy atom. The van der Waals surface area contributed by atoms with Crippen LogP contribution in [-0.4, -0.2) is 48.8 Å². The maximum absolute atomic E-state index is 8.95. The second-order valence-electron chi connectivity index (χ2n) is 7.34. The lowest BCUT2D eigenvalue weighted by molar-refractivity contribution is 0.155. The van der Waals surface area contributed by atoms with Crippen LogP contribution in [0.1, 0.15) is 59.8 Å². The van der Waals surface area contributed by atoms with E-state index in [4.69, 9.17) is 5.11 Å². The topological polar surface area (TPSA) is 35.5 Å². The number of nitrogens with one attached hydrogen (secondary N) is 1. The van der Waals surface area contributed by atoms with Gasteiger partial charge in [-0.2, -0.15) is 0 Å². The van der Waals surface area contributed by atoms with Crippen LogP contribution < -0.4 is 5.32 Å². The van der Waals surface area contributed by atoms with E-state index in [1.54, 1.807) is 0 Å². The third-order valence-corrected chi connectivity index (χ3v) is 4.79. The van der Waals surface area contributed by atoms with Crippen LogP contribution >= 0.6 is 0 Å². The molecule has 0 radical (unpaired) electrons. The zero-order chi connectivity index (χ0) is 15.0. The summed E-state index contributed by atoms with van der Waals surface area (Å²) in [6.45, 7) is 14.4. The molecule has 1 atom stereocenters. The molecule has 1 rings (SSSR count). The molecule has 1 heterocycles. The van der Waals surface area contributed by atoms with Crippen molar-refractivity contribution in [2.45, 2.75) is 65.8 Å². The third-order valence-electron chi connectivity index (χ3n) is 4.79. The number of rotatable bonds is 9. The van der Waals surface area contributed by atoms with Crippen LogP contribution in [0, 0.1) is 11.3 Å². The van der Waals surface area contributed by atoms with Gasteiger partial charge in [0.05, 0.1) is 0 Å². The summed E-state index contributed by atoms with van der Waals surface area (Å²) < 4.78 is 0. The molecule has 1 unspecified atom stereocenters. The van der Waals surface area contributed by atoms with Crippen molar-refractivity contribution in [1.29, 1.82) is 0 Å². The molecule has 0 aromatic carbocycles. The summed E-state index contributed by atoms with van der Waals surface area (Å²) >= 11 is 0. The molecular formula is C17H36N2O. The molecule has 1 aliphatic rings. The van der Waals surface area contributed by atoms with Gasteiger partial charge in [0, 0.05) is 19.2 Å². The molecule has 0 spiro atoms. The van der Waals surface area contributed by atoms with Gasteiger partial charge in [0.2, 0.25) is 0 Å². The minimum atomic E-state index is 0.292. The number of likely N-dealkylation sites (tertiary alicyclic amines) is 1. The first-order valence-electron chi connectivity index (χ1n) is 8.55. The third kappa shape index (κ3) is 6.55. The molecule has 3 nitrogen and oxygen atoms in total. The van der Waals surface area contributed by atoms with E-state index in [1.807, 2.05) is 0 Å². The van der Waals surface area contributed by atoms with Crippen molar-refractivity contribution in [3.63, 3.8) is 0 Å². The van der Waals surface area contributed by atoms with Crippen molar-refractivity contribution < 1.29 is 5.11 Å². The summed E-state index contributed by atoms with van der Waals surface area (Å²) in [4.78, 5) is 2.61. The van der Waals surface area contributed by atoms with Crippen LogP contribution in [0.15, 0.2) is 0 Å². The lowest BCUT2D eigenvalue weighted by Crippen LogP contribution is -2.44. The number of nitrogens with zero attached hydrogens (tertiary/aromatic N) is 1. The van der Waals surface area contributed by atoms with E-state index in [1.165, 1.54) is 38.9 Å². The molecule has 1 saturated heterocycles. The van der Waals surface area contributed by atoms with Gasteiger partial charge >= 0.3 is 0 Å². The van der Waals surface area contributed by atoms with Gasteiger partial charge in [-0.1, -0.05) is 20.8 Å². The van der Waals surface area contributed by atoms with Crippen LogP contribution in [0.25, 0.3) is 0 Å². The highest BCUT2D eigenvalue weighted by Gasteiger charge is 2.25. The maximum Gasteiger partial charge on any atom is 0.0431 e. The van der Waals surface area contributed by atoms with E-state index in [0.29, 0.717) is 18.1 Å². The fourth-order valence-electron chi connectivity index (χ4n) is 3.24. The van der Waals surface area contributed by atoms with Crippen LogP contribution in [0.5, 0.6) is 0 Å². The van der Waals surface area contributed by atoms with Gasteiger partial charge < -0.3 is 15.3 Å². The van der Waals surface area contributed by atoms with Gasteiger partial charge in [-0.05, 0) is 70.0 Å². The van der Waals surface area contributed by atoms with Crippen molar-refractivity contribution in [1.82, 2.24) is 10.2 Å². The molecule has 2 N–H and O–H groups in total. The molecule has 1 aliphatic heterocycles. The van der Waals surface area contributed by atoms with Crippen LogP contribution in [0.2, 0.25) is 0 Å². The molecule has 0 saturated carbocycles. The summed E-state index contributed by atoms with van der Waals surface area (Å²) in [5.41, 5.74) is 0.292. The molecule has 0 aliphatic carbocycles. The monoisotopic (exact) mass is 284 g/mol. The first-order chi connectivity index (χ1) is 9.48. The van der Waals surface area contributed by atoms with Crippen molar-refractivity contribution in [2.24, 2.45) is 11.3 Å². The zero-order valence-electron chi connectivity index (χ0n) is 14.1. The first-order valence-corrected chi connectivity index (χ1v) is 8.55. The predicted molar refractivity (Wildman–Crippen MR) is 87.0 cm³/mol. The molecule has 1 fully saturated rings. The first kappa shape index (κ1) is 17.9. The summed E-state index contributed by atoms with van der Waals surface area (Å²) in [6.07, 6.45) is 5.96. The minimum Gasteiger partial charge on any atom is -0.396 e. The van der Waals surface area contributed by atoms with Gasteiger partial charge in [-0.3, -0.25) is 0 Å². The van der Waals surface area contributed by atoms with E-state index < -0.39 is 0 Å². The lowest BCUT2D eigenvalue weighted by Gasteiger charge is -2.36. The zero-order valence-corrected chi connectivity index (χ0v) is 14.1. The Hall–Kier alpha value is -0.120. The summed E-state index contributed by atoms with van der Waals surface area (Å²) in [7, 11) is 0. The molecule has 0 amide bonds. The summed E-state index contributed by atoms with van der Waals surface area (Å²) in [6, 6.07) is 0.618. The fraction of sp³-hybridized carbons (Fsp3) is 1.00. The lowest BCUT2D eigenvalue weighted by atomic mass is 9.86. The number of hydrogen-bond acceptors (Lipinski definition) is 3. The van der Waals surface area contributed by atoms with Crippen LogP contribution in [-0.2, 0) is 0 Å². The van der Waals surface area contributed by atoms with Gasteiger partial charge in [0.15, 0.2) is 0 Å².